The molecule has 0 amide bonds. The first-order valence-electron chi connectivity index (χ1n) is 6.27. The van der Waals surface area contributed by atoms with E-state index in [0.29, 0.717) is 11.8 Å². The molecular formula is C14H17BrO2. The number of fused-ring (bicyclic) bond motifs is 1. The lowest BCUT2D eigenvalue weighted by Gasteiger charge is -2.13. The van der Waals surface area contributed by atoms with Crippen molar-refractivity contribution < 1.29 is 9.84 Å². The van der Waals surface area contributed by atoms with Gasteiger partial charge in [-0.1, -0.05) is 22.9 Å². The molecule has 1 aromatic carbocycles. The molecule has 3 atom stereocenters. The molecule has 92 valence electrons. The normalized spacial score (nSPS) is 27.5. The molecule has 3 unspecified atom stereocenters. The summed E-state index contributed by atoms with van der Waals surface area (Å²) in [5.41, 5.74) is 2.42. The molecular weight excluding hydrogens is 280 g/mol. The van der Waals surface area contributed by atoms with E-state index in [2.05, 4.69) is 35.0 Å². The third kappa shape index (κ3) is 2.23. The van der Waals surface area contributed by atoms with Gasteiger partial charge in [-0.2, -0.15) is 0 Å². The molecule has 1 aliphatic heterocycles. The maximum atomic E-state index is 10.2. The Bertz CT molecular complexity index is 444. The SMILES string of the molecule is CC1CC1C(O)Cc1cc(Br)cc2c1OCC2. The van der Waals surface area contributed by atoms with Crippen molar-refractivity contribution >= 4 is 15.9 Å². The van der Waals surface area contributed by atoms with Crippen molar-refractivity contribution in [2.24, 2.45) is 11.8 Å². The maximum Gasteiger partial charge on any atom is 0.125 e. The lowest BCUT2D eigenvalue weighted by atomic mass is 10.0. The highest BCUT2D eigenvalue weighted by Crippen LogP contribution is 2.43. The zero-order valence-electron chi connectivity index (χ0n) is 9.95. The molecule has 1 fully saturated rings. The first kappa shape index (κ1) is 11.5. The van der Waals surface area contributed by atoms with Crippen LogP contribution in [0.25, 0.3) is 0 Å². The summed E-state index contributed by atoms with van der Waals surface area (Å²) in [5, 5.41) is 10.2. The first-order chi connectivity index (χ1) is 8.15. The van der Waals surface area contributed by atoms with Crippen LogP contribution in [0.3, 0.4) is 0 Å². The molecule has 2 nitrogen and oxygen atoms in total. The summed E-state index contributed by atoms with van der Waals surface area (Å²) in [6.45, 7) is 2.98. The lowest BCUT2D eigenvalue weighted by Crippen LogP contribution is -2.14. The first-order valence-corrected chi connectivity index (χ1v) is 7.06. The number of hydrogen-bond acceptors (Lipinski definition) is 2. The van der Waals surface area contributed by atoms with Crippen LogP contribution in [0.1, 0.15) is 24.5 Å². The summed E-state index contributed by atoms with van der Waals surface area (Å²) < 4.78 is 6.77. The monoisotopic (exact) mass is 296 g/mol. The molecule has 1 aromatic rings. The highest BCUT2D eigenvalue weighted by molar-refractivity contribution is 9.10. The molecule has 3 heteroatoms. The van der Waals surface area contributed by atoms with E-state index in [0.717, 1.165) is 41.7 Å². The largest absolute Gasteiger partial charge is 0.493 e. The molecule has 0 saturated heterocycles. The predicted octanol–water partition coefficient (Wildman–Crippen LogP) is 2.94. The Morgan fingerprint density at radius 2 is 2.29 bits per heavy atom. The third-order valence-electron chi connectivity index (χ3n) is 3.92. The summed E-state index contributed by atoms with van der Waals surface area (Å²) in [7, 11) is 0. The molecule has 1 saturated carbocycles. The van der Waals surface area contributed by atoms with E-state index in [1.165, 1.54) is 5.56 Å². The quantitative estimate of drug-likeness (QED) is 0.929. The van der Waals surface area contributed by atoms with Gasteiger partial charge in [0.2, 0.25) is 0 Å². The van der Waals surface area contributed by atoms with Crippen molar-refractivity contribution in [2.75, 3.05) is 6.61 Å². The number of halogens is 1. The van der Waals surface area contributed by atoms with Crippen LogP contribution in [0.4, 0.5) is 0 Å². The van der Waals surface area contributed by atoms with E-state index in [-0.39, 0.29) is 6.10 Å². The van der Waals surface area contributed by atoms with Crippen LogP contribution in [0.15, 0.2) is 16.6 Å². The van der Waals surface area contributed by atoms with Gasteiger partial charge in [0.1, 0.15) is 5.75 Å². The van der Waals surface area contributed by atoms with Gasteiger partial charge in [0, 0.05) is 17.3 Å². The zero-order chi connectivity index (χ0) is 12.0. The molecule has 0 radical (unpaired) electrons. The van der Waals surface area contributed by atoms with Crippen LogP contribution >= 0.6 is 15.9 Å². The minimum atomic E-state index is -0.215. The number of aliphatic hydroxyl groups is 1. The van der Waals surface area contributed by atoms with Gasteiger partial charge >= 0.3 is 0 Å². The standard InChI is InChI=1S/C14H17BrO2/c1-8-4-12(8)13(16)7-10-6-11(15)5-9-2-3-17-14(9)10/h5-6,8,12-13,16H,2-4,7H2,1H3. The minimum absolute atomic E-state index is 0.215. The summed E-state index contributed by atoms with van der Waals surface area (Å²) in [5.74, 6) is 2.19. The summed E-state index contributed by atoms with van der Waals surface area (Å²) >= 11 is 3.53. The van der Waals surface area contributed by atoms with Crippen molar-refractivity contribution in [3.8, 4) is 5.75 Å². The van der Waals surface area contributed by atoms with Crippen LogP contribution in [0.5, 0.6) is 5.75 Å². The molecule has 17 heavy (non-hydrogen) atoms. The number of ether oxygens (including phenoxy) is 1. The van der Waals surface area contributed by atoms with Crippen LogP contribution in [0, 0.1) is 11.8 Å². The smallest absolute Gasteiger partial charge is 0.125 e. The molecule has 0 aromatic heterocycles. The van der Waals surface area contributed by atoms with Gasteiger partial charge in [0.05, 0.1) is 12.7 Å². The Morgan fingerprint density at radius 3 is 3.00 bits per heavy atom. The second-order valence-electron chi connectivity index (χ2n) is 5.30. The Morgan fingerprint density at radius 1 is 1.53 bits per heavy atom. The summed E-state index contributed by atoms with van der Waals surface area (Å²) in [6.07, 6.45) is 2.65. The molecule has 0 spiro atoms. The van der Waals surface area contributed by atoms with Crippen molar-refractivity contribution in [2.45, 2.75) is 32.3 Å². The van der Waals surface area contributed by atoms with Gasteiger partial charge in [-0.05, 0) is 41.5 Å². The molecule has 1 N–H and O–H groups in total. The fourth-order valence-corrected chi connectivity index (χ4v) is 3.31. The average molecular weight is 297 g/mol. The van der Waals surface area contributed by atoms with E-state index < -0.39 is 0 Å². The van der Waals surface area contributed by atoms with E-state index in [1.807, 2.05) is 0 Å². The van der Waals surface area contributed by atoms with Crippen molar-refractivity contribution in [1.82, 2.24) is 0 Å². The molecule has 3 rings (SSSR count). The van der Waals surface area contributed by atoms with Crippen LogP contribution in [-0.2, 0) is 12.8 Å². The second-order valence-corrected chi connectivity index (χ2v) is 6.22. The van der Waals surface area contributed by atoms with E-state index >= 15 is 0 Å². The number of aliphatic hydroxyl groups excluding tert-OH is 1. The van der Waals surface area contributed by atoms with E-state index in [4.69, 9.17) is 4.74 Å². The minimum Gasteiger partial charge on any atom is -0.493 e. The zero-order valence-corrected chi connectivity index (χ0v) is 11.5. The average Bonchev–Trinajstić information content (AvgIpc) is 2.82. The van der Waals surface area contributed by atoms with Gasteiger partial charge in [-0.15, -0.1) is 0 Å². The number of hydrogen-bond donors (Lipinski definition) is 1. The summed E-state index contributed by atoms with van der Waals surface area (Å²) in [4.78, 5) is 0. The van der Waals surface area contributed by atoms with Crippen molar-refractivity contribution in [1.29, 1.82) is 0 Å². The van der Waals surface area contributed by atoms with Crippen molar-refractivity contribution in [3.63, 3.8) is 0 Å². The van der Waals surface area contributed by atoms with Gasteiger partial charge in [-0.3, -0.25) is 0 Å². The highest BCUT2D eigenvalue weighted by Gasteiger charge is 2.39. The van der Waals surface area contributed by atoms with Gasteiger partial charge < -0.3 is 9.84 Å². The van der Waals surface area contributed by atoms with Gasteiger partial charge in [0.15, 0.2) is 0 Å². The Kier molecular flexibility index (Phi) is 2.91. The molecule has 2 aliphatic rings. The van der Waals surface area contributed by atoms with Gasteiger partial charge in [0.25, 0.3) is 0 Å². The van der Waals surface area contributed by atoms with Gasteiger partial charge in [-0.25, -0.2) is 0 Å². The van der Waals surface area contributed by atoms with Crippen LogP contribution < -0.4 is 4.74 Å². The molecule has 1 aliphatic carbocycles. The Labute approximate surface area is 110 Å². The highest BCUT2D eigenvalue weighted by atomic mass is 79.9. The topological polar surface area (TPSA) is 29.5 Å². The fraction of sp³-hybridized carbons (Fsp3) is 0.571. The maximum absolute atomic E-state index is 10.2. The van der Waals surface area contributed by atoms with E-state index in [9.17, 15) is 5.11 Å². The Balaban J connectivity index is 1.82. The Hall–Kier alpha value is -0.540. The second kappa shape index (κ2) is 4.29. The van der Waals surface area contributed by atoms with Crippen LogP contribution in [-0.4, -0.2) is 17.8 Å². The predicted molar refractivity (Wildman–Crippen MR) is 70.3 cm³/mol. The third-order valence-corrected chi connectivity index (χ3v) is 4.38. The number of rotatable bonds is 3. The fourth-order valence-electron chi connectivity index (χ4n) is 2.76. The molecule has 1 heterocycles. The lowest BCUT2D eigenvalue weighted by molar-refractivity contribution is 0.145. The molecule has 0 bridgehead atoms. The van der Waals surface area contributed by atoms with E-state index in [1.54, 1.807) is 0 Å². The number of benzene rings is 1. The van der Waals surface area contributed by atoms with Crippen molar-refractivity contribution in [3.05, 3.63) is 27.7 Å². The summed E-state index contributed by atoms with van der Waals surface area (Å²) in [6, 6.07) is 4.21. The van der Waals surface area contributed by atoms with Crippen LogP contribution in [0.2, 0.25) is 0 Å².